The average molecular weight is 332 g/mol. The van der Waals surface area contributed by atoms with Gasteiger partial charge >= 0.3 is 0 Å². The van der Waals surface area contributed by atoms with Crippen LogP contribution >= 0.6 is 0 Å². The van der Waals surface area contributed by atoms with Crippen LogP contribution in [0.3, 0.4) is 0 Å². The van der Waals surface area contributed by atoms with Crippen molar-refractivity contribution in [3.05, 3.63) is 59.7 Å². The molecule has 1 aliphatic rings. The van der Waals surface area contributed by atoms with Gasteiger partial charge in [0.2, 0.25) is 0 Å². The van der Waals surface area contributed by atoms with Crippen molar-refractivity contribution in [1.82, 2.24) is 4.90 Å². The number of hydrogen-bond donors (Lipinski definition) is 0. The summed E-state index contributed by atoms with van der Waals surface area (Å²) < 4.78 is 32.8. The summed E-state index contributed by atoms with van der Waals surface area (Å²) in [6.07, 6.45) is 0. The lowest BCUT2D eigenvalue weighted by Gasteiger charge is -2.36. The topological polar surface area (TPSA) is 32.8 Å². The van der Waals surface area contributed by atoms with Gasteiger partial charge in [0, 0.05) is 37.9 Å². The van der Waals surface area contributed by atoms with Gasteiger partial charge < -0.3 is 14.5 Å². The van der Waals surface area contributed by atoms with Crippen molar-refractivity contribution in [1.29, 1.82) is 0 Å². The third kappa shape index (κ3) is 3.18. The van der Waals surface area contributed by atoms with Gasteiger partial charge in [-0.2, -0.15) is 0 Å². The molecule has 0 spiro atoms. The van der Waals surface area contributed by atoms with Crippen LogP contribution in [0.25, 0.3) is 0 Å². The summed E-state index contributed by atoms with van der Waals surface area (Å²) in [5.41, 5.74) is 0.519. The fourth-order valence-electron chi connectivity index (χ4n) is 2.84. The number of halogens is 2. The Bertz CT molecular complexity index is 723. The zero-order valence-electron chi connectivity index (χ0n) is 13.3. The monoisotopic (exact) mass is 332 g/mol. The number of rotatable bonds is 3. The number of anilines is 1. The Kier molecular flexibility index (Phi) is 4.64. The molecule has 0 saturated carbocycles. The van der Waals surface area contributed by atoms with Crippen LogP contribution in [0.15, 0.2) is 42.5 Å². The largest absolute Gasteiger partial charge is 0.497 e. The van der Waals surface area contributed by atoms with Gasteiger partial charge in [0.25, 0.3) is 5.91 Å². The molecule has 4 nitrogen and oxygen atoms in total. The van der Waals surface area contributed by atoms with Gasteiger partial charge in [-0.05, 0) is 24.3 Å². The van der Waals surface area contributed by atoms with E-state index < -0.39 is 23.1 Å². The molecule has 1 aliphatic heterocycles. The standard InChI is InChI=1S/C18H18F2N2O2/c1-24-14-5-2-4-13(12-14)21-8-10-22(11-9-21)18(23)17-15(19)6-3-7-16(17)20/h2-7,12H,8-11H2,1H3. The van der Waals surface area contributed by atoms with Crippen molar-refractivity contribution in [2.45, 2.75) is 0 Å². The Labute approximate surface area is 139 Å². The van der Waals surface area contributed by atoms with Gasteiger partial charge in [0.1, 0.15) is 22.9 Å². The number of piperazine rings is 1. The van der Waals surface area contributed by atoms with E-state index >= 15 is 0 Å². The summed E-state index contributed by atoms with van der Waals surface area (Å²) in [5.74, 6) is -1.49. The minimum Gasteiger partial charge on any atom is -0.497 e. The van der Waals surface area contributed by atoms with Gasteiger partial charge in [-0.15, -0.1) is 0 Å². The van der Waals surface area contributed by atoms with E-state index in [1.54, 1.807) is 7.11 Å². The van der Waals surface area contributed by atoms with Crippen LogP contribution in [-0.4, -0.2) is 44.1 Å². The number of carbonyl (C=O) groups is 1. The highest BCUT2D eigenvalue weighted by molar-refractivity contribution is 5.95. The van der Waals surface area contributed by atoms with Crippen LogP contribution in [0.2, 0.25) is 0 Å². The third-order valence-electron chi connectivity index (χ3n) is 4.16. The quantitative estimate of drug-likeness (QED) is 0.866. The number of methoxy groups -OCH3 is 1. The first kappa shape index (κ1) is 16.2. The highest BCUT2D eigenvalue weighted by atomic mass is 19.1. The fraction of sp³-hybridized carbons (Fsp3) is 0.278. The molecule has 0 aliphatic carbocycles. The Balaban J connectivity index is 1.69. The van der Waals surface area contributed by atoms with Crippen LogP contribution in [-0.2, 0) is 0 Å². The second kappa shape index (κ2) is 6.86. The van der Waals surface area contributed by atoms with Crippen LogP contribution in [0.4, 0.5) is 14.5 Å². The lowest BCUT2D eigenvalue weighted by atomic mass is 10.1. The highest BCUT2D eigenvalue weighted by Gasteiger charge is 2.26. The first-order valence-corrected chi connectivity index (χ1v) is 7.72. The zero-order chi connectivity index (χ0) is 17.1. The molecule has 24 heavy (non-hydrogen) atoms. The molecule has 0 atom stereocenters. The maximum Gasteiger partial charge on any atom is 0.259 e. The van der Waals surface area contributed by atoms with Crippen LogP contribution < -0.4 is 9.64 Å². The third-order valence-corrected chi connectivity index (χ3v) is 4.16. The van der Waals surface area contributed by atoms with Crippen molar-refractivity contribution < 1.29 is 18.3 Å². The molecular weight excluding hydrogens is 314 g/mol. The average Bonchev–Trinajstić information content (AvgIpc) is 2.61. The Morgan fingerprint density at radius 1 is 1.00 bits per heavy atom. The number of nitrogens with zero attached hydrogens (tertiary/aromatic N) is 2. The van der Waals surface area contributed by atoms with Crippen molar-refractivity contribution in [3.8, 4) is 5.75 Å². The molecule has 6 heteroatoms. The molecule has 0 bridgehead atoms. The summed E-state index contributed by atoms with van der Waals surface area (Å²) in [6, 6.07) is 11.1. The molecule has 1 amide bonds. The van der Waals surface area contributed by atoms with Gasteiger partial charge in [-0.25, -0.2) is 8.78 Å². The second-order valence-electron chi connectivity index (χ2n) is 5.58. The molecule has 0 aromatic heterocycles. The first-order chi connectivity index (χ1) is 11.6. The Morgan fingerprint density at radius 3 is 2.25 bits per heavy atom. The molecule has 0 radical (unpaired) electrons. The molecule has 1 fully saturated rings. The van der Waals surface area contributed by atoms with E-state index in [9.17, 15) is 13.6 Å². The minimum atomic E-state index is -0.824. The number of benzene rings is 2. The molecule has 1 heterocycles. The predicted molar refractivity (Wildman–Crippen MR) is 87.5 cm³/mol. The molecule has 1 saturated heterocycles. The van der Waals surface area contributed by atoms with E-state index in [4.69, 9.17) is 4.74 Å². The molecule has 2 aromatic carbocycles. The number of amides is 1. The molecule has 2 aromatic rings. The summed E-state index contributed by atoms with van der Waals surface area (Å²) in [5, 5.41) is 0. The van der Waals surface area contributed by atoms with E-state index in [0.29, 0.717) is 26.2 Å². The van der Waals surface area contributed by atoms with Crippen molar-refractivity contribution >= 4 is 11.6 Å². The number of ether oxygens (including phenoxy) is 1. The normalized spacial score (nSPS) is 14.6. The predicted octanol–water partition coefficient (Wildman–Crippen LogP) is 2.94. The van der Waals surface area contributed by atoms with Crippen LogP contribution in [0.1, 0.15) is 10.4 Å². The van der Waals surface area contributed by atoms with E-state index in [1.807, 2.05) is 24.3 Å². The maximum atomic E-state index is 13.8. The molecule has 3 rings (SSSR count). The fourth-order valence-corrected chi connectivity index (χ4v) is 2.84. The SMILES string of the molecule is COc1cccc(N2CCN(C(=O)c3c(F)cccc3F)CC2)c1. The highest BCUT2D eigenvalue weighted by Crippen LogP contribution is 2.23. The summed E-state index contributed by atoms with van der Waals surface area (Å²) in [7, 11) is 1.61. The maximum absolute atomic E-state index is 13.8. The smallest absolute Gasteiger partial charge is 0.259 e. The van der Waals surface area contributed by atoms with Gasteiger partial charge in [0.05, 0.1) is 7.11 Å². The van der Waals surface area contributed by atoms with Gasteiger partial charge in [-0.1, -0.05) is 12.1 Å². The molecule has 126 valence electrons. The van der Waals surface area contributed by atoms with Gasteiger partial charge in [0.15, 0.2) is 0 Å². The van der Waals surface area contributed by atoms with Crippen molar-refractivity contribution in [2.75, 3.05) is 38.2 Å². The summed E-state index contributed by atoms with van der Waals surface area (Å²) in [6.45, 7) is 2.00. The molecular formula is C18H18F2N2O2. The summed E-state index contributed by atoms with van der Waals surface area (Å²) in [4.78, 5) is 16.0. The second-order valence-corrected chi connectivity index (χ2v) is 5.58. The van der Waals surface area contributed by atoms with Crippen LogP contribution in [0.5, 0.6) is 5.75 Å². The summed E-state index contributed by atoms with van der Waals surface area (Å²) >= 11 is 0. The Morgan fingerprint density at radius 2 is 1.62 bits per heavy atom. The van der Waals surface area contributed by atoms with Crippen molar-refractivity contribution in [2.24, 2.45) is 0 Å². The number of carbonyl (C=O) groups excluding carboxylic acids is 1. The number of hydrogen-bond acceptors (Lipinski definition) is 3. The van der Waals surface area contributed by atoms with E-state index in [1.165, 1.54) is 11.0 Å². The Hall–Kier alpha value is -2.63. The van der Waals surface area contributed by atoms with Crippen molar-refractivity contribution in [3.63, 3.8) is 0 Å². The zero-order valence-corrected chi connectivity index (χ0v) is 13.3. The lowest BCUT2D eigenvalue weighted by Crippen LogP contribution is -2.49. The molecule has 0 N–H and O–H groups in total. The minimum absolute atomic E-state index is 0.407. The van der Waals surface area contributed by atoms with Gasteiger partial charge in [-0.3, -0.25) is 4.79 Å². The van der Waals surface area contributed by atoms with E-state index in [2.05, 4.69) is 4.90 Å². The molecule has 0 unspecified atom stereocenters. The van der Waals surface area contributed by atoms with Crippen LogP contribution in [0, 0.1) is 11.6 Å². The van der Waals surface area contributed by atoms with E-state index in [-0.39, 0.29) is 0 Å². The van der Waals surface area contributed by atoms with E-state index in [0.717, 1.165) is 23.6 Å². The lowest BCUT2D eigenvalue weighted by molar-refractivity contribution is 0.0737. The first-order valence-electron chi connectivity index (χ1n) is 7.72.